The monoisotopic (exact) mass is 252 g/mol. The molecule has 1 aliphatic rings. The minimum absolute atomic E-state index is 0.0921. The molecule has 17 heavy (non-hydrogen) atoms. The van der Waals surface area contributed by atoms with Gasteiger partial charge in [0.25, 0.3) is 0 Å². The Morgan fingerprint density at radius 2 is 1.59 bits per heavy atom. The van der Waals surface area contributed by atoms with Gasteiger partial charge in [0, 0.05) is 6.42 Å². The lowest BCUT2D eigenvalue weighted by Gasteiger charge is -2.34. The van der Waals surface area contributed by atoms with Crippen molar-refractivity contribution in [2.75, 3.05) is 6.61 Å². The summed E-state index contributed by atoms with van der Waals surface area (Å²) >= 11 is 0. The summed E-state index contributed by atoms with van der Waals surface area (Å²) < 4.78 is 5.16. The largest absolute Gasteiger partial charge is 0.394 e. The van der Waals surface area contributed by atoms with Crippen molar-refractivity contribution in [2.45, 2.75) is 65.5 Å². The van der Waals surface area contributed by atoms with E-state index in [-0.39, 0.29) is 12.7 Å². The highest BCUT2D eigenvalue weighted by atomic mass is 16.5. The van der Waals surface area contributed by atoms with Gasteiger partial charge < -0.3 is 24.9 Å². The fourth-order valence-corrected chi connectivity index (χ4v) is 1.31. The van der Waals surface area contributed by atoms with E-state index in [0.29, 0.717) is 6.42 Å². The first-order valence-corrected chi connectivity index (χ1v) is 6.06. The molecule has 0 radical (unpaired) electrons. The zero-order valence-corrected chi connectivity index (χ0v) is 11.6. The van der Waals surface area contributed by atoms with Crippen LogP contribution in [-0.4, -0.2) is 53.1 Å². The number of aliphatic hydroxyl groups excluding tert-OH is 3. The summed E-state index contributed by atoms with van der Waals surface area (Å²) in [4.78, 5) is 8.00. The third kappa shape index (κ3) is 9.23. The third-order valence-electron chi connectivity index (χ3n) is 1.94. The van der Waals surface area contributed by atoms with Gasteiger partial charge in [-0.25, -0.2) is 0 Å². The van der Waals surface area contributed by atoms with Crippen molar-refractivity contribution in [1.82, 2.24) is 0 Å². The third-order valence-corrected chi connectivity index (χ3v) is 1.94. The van der Waals surface area contributed by atoms with Gasteiger partial charge in [-0.3, -0.25) is 0 Å². The Kier molecular flexibility index (Phi) is 19.9. The lowest BCUT2D eigenvalue weighted by molar-refractivity contribution is -0.174. The fourth-order valence-electron chi connectivity index (χ4n) is 1.31. The maximum atomic E-state index is 9.22. The van der Waals surface area contributed by atoms with Gasteiger partial charge >= 0.3 is 0 Å². The van der Waals surface area contributed by atoms with E-state index in [2.05, 4.69) is 0 Å². The summed E-state index contributed by atoms with van der Waals surface area (Å²) in [6.07, 6.45) is -2.01. The van der Waals surface area contributed by atoms with Crippen LogP contribution < -0.4 is 0 Å². The number of carbonyl (C=O) groups excluding carboxylic acids is 1. The maximum absolute atomic E-state index is 9.22. The molecule has 1 heterocycles. The molecule has 0 aromatic rings. The highest BCUT2D eigenvalue weighted by Gasteiger charge is 2.34. The van der Waals surface area contributed by atoms with E-state index >= 15 is 0 Å². The smallest absolute Gasteiger partial charge is 0.109 e. The molecule has 0 bridgehead atoms. The van der Waals surface area contributed by atoms with E-state index in [1.165, 1.54) is 0 Å². The highest BCUT2D eigenvalue weighted by Crippen LogP contribution is 2.19. The minimum Gasteiger partial charge on any atom is -0.394 e. The van der Waals surface area contributed by atoms with Crippen LogP contribution in [0, 0.1) is 0 Å². The van der Waals surface area contributed by atoms with Crippen LogP contribution in [0.15, 0.2) is 0 Å². The molecular weight excluding hydrogens is 224 g/mol. The second-order valence-electron chi connectivity index (χ2n) is 2.96. The Bertz CT molecular complexity index is 143. The summed E-state index contributed by atoms with van der Waals surface area (Å²) in [5.41, 5.74) is 0. The van der Waals surface area contributed by atoms with Crippen molar-refractivity contribution in [3.05, 3.63) is 0 Å². The van der Waals surface area contributed by atoms with Gasteiger partial charge in [0.15, 0.2) is 0 Å². The van der Waals surface area contributed by atoms with Crippen LogP contribution >= 0.6 is 0 Å². The van der Waals surface area contributed by atoms with Gasteiger partial charge in [-0.1, -0.05) is 27.7 Å². The van der Waals surface area contributed by atoms with Gasteiger partial charge in [0.05, 0.1) is 18.8 Å². The van der Waals surface area contributed by atoms with Gasteiger partial charge in [-0.05, 0) is 6.92 Å². The van der Waals surface area contributed by atoms with E-state index in [1.807, 2.05) is 34.5 Å². The number of carbonyl (C=O) groups is 1. The average Bonchev–Trinajstić information content (AvgIpc) is 2.41. The topological polar surface area (TPSA) is 87.0 Å². The zero-order chi connectivity index (χ0) is 14.4. The first-order chi connectivity index (χ1) is 8.15. The summed E-state index contributed by atoms with van der Waals surface area (Å²) in [6, 6.07) is 0. The first-order valence-electron chi connectivity index (χ1n) is 6.06. The lowest BCUT2D eigenvalue weighted by Crippen LogP contribution is -2.49. The second-order valence-corrected chi connectivity index (χ2v) is 2.96. The molecule has 5 heteroatoms. The summed E-state index contributed by atoms with van der Waals surface area (Å²) in [6.45, 7) is 11.6. The van der Waals surface area contributed by atoms with Crippen LogP contribution in [0.5, 0.6) is 0 Å². The number of hydrogen-bond donors (Lipinski definition) is 3. The molecule has 0 saturated carbocycles. The zero-order valence-electron chi connectivity index (χ0n) is 11.6. The lowest BCUT2D eigenvalue weighted by atomic mass is 9.99. The van der Waals surface area contributed by atoms with E-state index in [1.54, 1.807) is 6.92 Å². The van der Waals surface area contributed by atoms with Crippen molar-refractivity contribution in [2.24, 2.45) is 0 Å². The van der Waals surface area contributed by atoms with Crippen LogP contribution in [0.2, 0.25) is 0 Å². The Morgan fingerprint density at radius 1 is 1.18 bits per heavy atom. The van der Waals surface area contributed by atoms with Crippen molar-refractivity contribution in [3.8, 4) is 0 Å². The Morgan fingerprint density at radius 3 is 1.94 bits per heavy atom. The van der Waals surface area contributed by atoms with Crippen LogP contribution in [0.25, 0.3) is 0 Å². The number of hydrogen-bond acceptors (Lipinski definition) is 5. The Labute approximate surface area is 104 Å². The molecule has 0 aliphatic carbocycles. The van der Waals surface area contributed by atoms with Crippen LogP contribution in [0.1, 0.15) is 41.0 Å². The van der Waals surface area contributed by atoms with Crippen molar-refractivity contribution in [1.29, 1.82) is 0 Å². The van der Waals surface area contributed by atoms with Crippen LogP contribution in [-0.2, 0) is 9.53 Å². The Hall–Kier alpha value is -0.490. The van der Waals surface area contributed by atoms with Gasteiger partial charge in [-0.2, -0.15) is 0 Å². The molecular formula is C12H28O5. The molecule has 0 amide bonds. The second kappa shape index (κ2) is 15.5. The molecule has 0 aromatic carbocycles. The van der Waals surface area contributed by atoms with Crippen molar-refractivity contribution >= 4 is 6.79 Å². The highest BCUT2D eigenvalue weighted by molar-refractivity contribution is 5.10. The van der Waals surface area contributed by atoms with E-state index in [9.17, 15) is 10.2 Å². The quantitative estimate of drug-likeness (QED) is 0.641. The molecule has 0 spiro atoms. The molecule has 106 valence electrons. The fraction of sp³-hybridized carbons (Fsp3) is 0.917. The SMILES string of the molecule is C=O.CC.CC.CC1CC(O)C(O)C(CO)O1. The van der Waals surface area contributed by atoms with Crippen molar-refractivity contribution in [3.63, 3.8) is 0 Å². The van der Waals surface area contributed by atoms with E-state index < -0.39 is 18.3 Å². The molecule has 1 fully saturated rings. The van der Waals surface area contributed by atoms with E-state index in [0.717, 1.165) is 0 Å². The van der Waals surface area contributed by atoms with Crippen molar-refractivity contribution < 1.29 is 24.9 Å². The normalized spacial score (nSPS) is 30.6. The number of rotatable bonds is 1. The predicted molar refractivity (Wildman–Crippen MR) is 67.9 cm³/mol. The predicted octanol–water partition coefficient (Wildman–Crippen LogP) is 0.745. The molecule has 4 unspecified atom stereocenters. The first kappa shape index (κ1) is 21.8. The van der Waals surface area contributed by atoms with E-state index in [4.69, 9.17) is 14.6 Å². The molecule has 1 rings (SSSR count). The molecule has 5 nitrogen and oxygen atoms in total. The molecule has 0 aromatic heterocycles. The summed E-state index contributed by atoms with van der Waals surface area (Å²) in [7, 11) is 0. The number of ether oxygens (including phenoxy) is 1. The summed E-state index contributed by atoms with van der Waals surface area (Å²) in [5, 5.41) is 27.1. The van der Waals surface area contributed by atoms with Gasteiger partial charge in [0.1, 0.15) is 19.0 Å². The van der Waals surface area contributed by atoms with Crippen LogP contribution in [0.4, 0.5) is 0 Å². The molecule has 4 atom stereocenters. The molecule has 3 N–H and O–H groups in total. The van der Waals surface area contributed by atoms with Gasteiger partial charge in [-0.15, -0.1) is 0 Å². The standard InChI is InChI=1S/C7H14O4.2C2H6.CH2O/c1-4-2-5(9)7(10)6(3-8)11-4;3*1-2/h4-10H,2-3H2,1H3;2*1-2H3;1H2. The molecule has 1 saturated heterocycles. The van der Waals surface area contributed by atoms with Gasteiger partial charge in [0.2, 0.25) is 0 Å². The average molecular weight is 252 g/mol. The maximum Gasteiger partial charge on any atom is 0.109 e. The molecule has 1 aliphatic heterocycles. The minimum atomic E-state index is -0.948. The number of aliphatic hydroxyl groups is 3. The summed E-state index contributed by atoms with van der Waals surface area (Å²) in [5.74, 6) is 0. The van der Waals surface area contributed by atoms with Crippen LogP contribution in [0.3, 0.4) is 0 Å². The Balaban J connectivity index is -0.000000285.